The van der Waals surface area contributed by atoms with Gasteiger partial charge in [-0.3, -0.25) is 9.78 Å². The highest BCUT2D eigenvalue weighted by molar-refractivity contribution is 5.92. The van der Waals surface area contributed by atoms with Crippen LogP contribution in [0.1, 0.15) is 18.2 Å². The molecule has 3 heterocycles. The Morgan fingerprint density at radius 1 is 1.19 bits per heavy atom. The van der Waals surface area contributed by atoms with E-state index in [0.29, 0.717) is 18.2 Å². The van der Waals surface area contributed by atoms with Crippen LogP contribution in [0.5, 0.6) is 5.75 Å². The molecular weight excluding hydrogens is 406 g/mol. The maximum atomic E-state index is 11.6. The van der Waals surface area contributed by atoms with Crippen molar-refractivity contribution in [3.63, 3.8) is 0 Å². The fraction of sp³-hybridized carbons (Fsp3) is 0.217. The number of hydrogen-bond acceptors (Lipinski definition) is 7. The Hall–Kier alpha value is -4.14. The minimum absolute atomic E-state index is 0.0985. The quantitative estimate of drug-likeness (QED) is 0.352. The second kappa shape index (κ2) is 8.93. The van der Waals surface area contributed by atoms with Crippen molar-refractivity contribution in [2.75, 3.05) is 24.8 Å². The van der Waals surface area contributed by atoms with Crippen LogP contribution in [-0.2, 0) is 11.3 Å². The average molecular weight is 432 g/mol. The number of pyridine rings is 1. The van der Waals surface area contributed by atoms with Gasteiger partial charge >= 0.3 is 0 Å². The number of ether oxygens (including phenoxy) is 1. The summed E-state index contributed by atoms with van der Waals surface area (Å²) in [6, 6.07) is 9.57. The third-order valence-corrected chi connectivity index (χ3v) is 5.06. The summed E-state index contributed by atoms with van der Waals surface area (Å²) in [5, 5.41) is 10.2. The molecule has 4 N–H and O–H groups in total. The molecule has 0 radical (unpaired) electrons. The Kier molecular flexibility index (Phi) is 5.89. The monoisotopic (exact) mass is 431 g/mol. The Bertz CT molecular complexity index is 1280. The van der Waals surface area contributed by atoms with Crippen molar-refractivity contribution >= 4 is 34.3 Å². The maximum absolute atomic E-state index is 11.6. The van der Waals surface area contributed by atoms with E-state index < -0.39 is 0 Å². The second-order valence-corrected chi connectivity index (χ2v) is 7.32. The first-order valence-corrected chi connectivity index (χ1v) is 10.2. The third kappa shape index (κ3) is 4.31. The molecule has 0 fully saturated rings. The highest BCUT2D eigenvalue weighted by atomic mass is 16.5. The molecule has 0 aliphatic heterocycles. The summed E-state index contributed by atoms with van der Waals surface area (Å²) in [6.45, 7) is 3.80. The van der Waals surface area contributed by atoms with Crippen molar-refractivity contribution in [2.24, 2.45) is 0 Å². The number of aromatic amines is 1. The van der Waals surface area contributed by atoms with Gasteiger partial charge in [0.15, 0.2) is 0 Å². The molecule has 1 aromatic carbocycles. The predicted octanol–water partition coefficient (Wildman–Crippen LogP) is 3.76. The number of aromatic nitrogens is 4. The fourth-order valence-electron chi connectivity index (χ4n) is 3.59. The molecule has 3 aromatic heterocycles. The van der Waals surface area contributed by atoms with Gasteiger partial charge in [-0.2, -0.15) is 4.98 Å². The largest absolute Gasteiger partial charge is 0.496 e. The molecule has 32 heavy (non-hydrogen) atoms. The van der Waals surface area contributed by atoms with Crippen LogP contribution >= 0.6 is 0 Å². The molecule has 4 aromatic rings. The van der Waals surface area contributed by atoms with E-state index in [9.17, 15) is 4.79 Å². The van der Waals surface area contributed by atoms with Gasteiger partial charge < -0.3 is 25.7 Å². The number of nitrogens with zero attached hydrogens (tertiary/aromatic N) is 3. The Balaban J connectivity index is 1.80. The highest BCUT2D eigenvalue weighted by Crippen LogP contribution is 2.37. The lowest BCUT2D eigenvalue weighted by molar-refractivity contribution is -0.119. The lowest BCUT2D eigenvalue weighted by atomic mass is 10.0. The molecule has 0 spiro atoms. The lowest BCUT2D eigenvalue weighted by Gasteiger charge is -2.13. The Morgan fingerprint density at radius 2 is 2.03 bits per heavy atom. The molecule has 0 bridgehead atoms. The van der Waals surface area contributed by atoms with Crippen LogP contribution in [0.2, 0.25) is 0 Å². The van der Waals surface area contributed by atoms with E-state index in [1.807, 2.05) is 44.3 Å². The number of methoxy groups -OCH3 is 1. The molecular formula is C23H25N7O2. The molecule has 164 valence electrons. The Morgan fingerprint density at radius 3 is 2.78 bits per heavy atom. The van der Waals surface area contributed by atoms with E-state index in [0.717, 1.165) is 44.9 Å². The van der Waals surface area contributed by atoms with E-state index >= 15 is 0 Å². The number of benzene rings is 1. The van der Waals surface area contributed by atoms with E-state index in [-0.39, 0.29) is 5.91 Å². The van der Waals surface area contributed by atoms with Gasteiger partial charge in [-0.1, -0.05) is 0 Å². The number of aryl methyl sites for hydroxylation is 1. The maximum Gasteiger partial charge on any atom is 0.229 e. The summed E-state index contributed by atoms with van der Waals surface area (Å²) in [5.41, 5.74) is 5.18. The third-order valence-electron chi connectivity index (χ3n) is 5.06. The number of carbonyl (C=O) groups excluding carboxylic acids is 1. The molecule has 0 aliphatic carbocycles. The molecule has 0 saturated carbocycles. The molecule has 0 aliphatic rings. The van der Waals surface area contributed by atoms with E-state index in [1.165, 1.54) is 6.92 Å². The van der Waals surface area contributed by atoms with Gasteiger partial charge in [0, 0.05) is 60.7 Å². The standard InChI is InChI=1S/C23H25N7O2/c1-13-9-21(24-3)30-23(27-13)28-15-5-6-20(32-4)17(10-15)22-18(11-26-14(2)31)16-7-8-25-12-19(16)29-22/h5-10,12,29H,11H2,1-4H3,(H,26,31)(H2,24,27,28,30). The van der Waals surface area contributed by atoms with Crippen LogP contribution in [0.4, 0.5) is 17.5 Å². The molecule has 0 unspecified atom stereocenters. The van der Waals surface area contributed by atoms with Crippen molar-refractivity contribution in [3.05, 3.63) is 54.0 Å². The van der Waals surface area contributed by atoms with Gasteiger partial charge in [-0.15, -0.1) is 0 Å². The summed E-state index contributed by atoms with van der Waals surface area (Å²) in [6.07, 6.45) is 3.51. The van der Waals surface area contributed by atoms with E-state index in [4.69, 9.17) is 4.74 Å². The molecule has 4 rings (SSSR count). The zero-order valence-corrected chi connectivity index (χ0v) is 18.4. The zero-order chi connectivity index (χ0) is 22.7. The SMILES string of the molecule is CNc1cc(C)nc(Nc2ccc(OC)c(-c3[nH]c4cnccc4c3CNC(C)=O)c2)n1. The molecule has 1 amide bonds. The number of anilines is 3. The summed E-state index contributed by atoms with van der Waals surface area (Å²) in [5.74, 6) is 1.82. The number of rotatable bonds is 7. The average Bonchev–Trinajstić information content (AvgIpc) is 3.15. The summed E-state index contributed by atoms with van der Waals surface area (Å²) in [7, 11) is 3.45. The summed E-state index contributed by atoms with van der Waals surface area (Å²) >= 11 is 0. The lowest BCUT2D eigenvalue weighted by Crippen LogP contribution is -2.19. The minimum Gasteiger partial charge on any atom is -0.496 e. The first-order chi connectivity index (χ1) is 15.5. The van der Waals surface area contributed by atoms with Crippen LogP contribution in [0.3, 0.4) is 0 Å². The summed E-state index contributed by atoms with van der Waals surface area (Å²) in [4.78, 5) is 28.2. The van der Waals surface area contributed by atoms with Crippen molar-refractivity contribution in [1.29, 1.82) is 0 Å². The smallest absolute Gasteiger partial charge is 0.229 e. The van der Waals surface area contributed by atoms with Gasteiger partial charge in [0.25, 0.3) is 0 Å². The molecule has 0 atom stereocenters. The second-order valence-electron chi connectivity index (χ2n) is 7.32. The van der Waals surface area contributed by atoms with Gasteiger partial charge in [0.05, 0.1) is 24.5 Å². The van der Waals surface area contributed by atoms with E-state index in [1.54, 1.807) is 19.5 Å². The number of fused-ring (bicyclic) bond motifs is 1. The van der Waals surface area contributed by atoms with Gasteiger partial charge in [-0.25, -0.2) is 4.98 Å². The van der Waals surface area contributed by atoms with Crippen LogP contribution < -0.4 is 20.7 Å². The van der Waals surface area contributed by atoms with Gasteiger partial charge in [-0.05, 0) is 31.2 Å². The number of amides is 1. The topological polar surface area (TPSA) is 117 Å². The van der Waals surface area contributed by atoms with Crippen LogP contribution in [0, 0.1) is 6.92 Å². The number of H-pyrrole nitrogens is 1. The zero-order valence-electron chi connectivity index (χ0n) is 18.4. The summed E-state index contributed by atoms with van der Waals surface area (Å²) < 4.78 is 5.65. The predicted molar refractivity (Wildman–Crippen MR) is 125 cm³/mol. The molecule has 9 nitrogen and oxygen atoms in total. The molecule has 0 saturated heterocycles. The highest BCUT2D eigenvalue weighted by Gasteiger charge is 2.18. The molecule has 9 heteroatoms. The fourth-order valence-corrected chi connectivity index (χ4v) is 3.59. The van der Waals surface area contributed by atoms with Crippen LogP contribution in [0.15, 0.2) is 42.7 Å². The number of carbonyl (C=O) groups is 1. The van der Waals surface area contributed by atoms with Crippen molar-refractivity contribution < 1.29 is 9.53 Å². The number of nitrogens with one attached hydrogen (secondary N) is 4. The van der Waals surface area contributed by atoms with Crippen LogP contribution in [-0.4, -0.2) is 40.0 Å². The van der Waals surface area contributed by atoms with Gasteiger partial charge in [0.2, 0.25) is 11.9 Å². The normalized spacial score (nSPS) is 10.8. The van der Waals surface area contributed by atoms with Crippen molar-refractivity contribution in [2.45, 2.75) is 20.4 Å². The first-order valence-electron chi connectivity index (χ1n) is 10.2. The Labute approximate surface area is 185 Å². The minimum atomic E-state index is -0.0985. The first kappa shape index (κ1) is 21.1. The van der Waals surface area contributed by atoms with Crippen molar-refractivity contribution in [1.82, 2.24) is 25.3 Å². The van der Waals surface area contributed by atoms with E-state index in [2.05, 4.69) is 35.9 Å². The number of hydrogen-bond donors (Lipinski definition) is 4. The van der Waals surface area contributed by atoms with Gasteiger partial charge in [0.1, 0.15) is 11.6 Å². The van der Waals surface area contributed by atoms with Crippen LogP contribution in [0.25, 0.3) is 22.2 Å². The van der Waals surface area contributed by atoms with Crippen molar-refractivity contribution in [3.8, 4) is 17.0 Å².